The molecule has 62 heavy (non-hydrogen) atoms. The minimum Gasteiger partial charge on any atom is -0.436 e. The topological polar surface area (TPSA) is 168 Å². The minimum atomic E-state index is -4.74. The molecule has 4 unspecified atom stereocenters. The molecule has 2 amide bonds. The summed E-state index contributed by atoms with van der Waals surface area (Å²) in [7, 11) is -9.49. The van der Waals surface area contributed by atoms with Crippen LogP contribution in [0.4, 0.5) is 0 Å². The zero-order valence-corrected chi connectivity index (χ0v) is 36.8. The fourth-order valence-corrected chi connectivity index (χ4v) is 11.7. The van der Waals surface area contributed by atoms with Gasteiger partial charge in [-0.2, -0.15) is 0 Å². The molecule has 0 N–H and O–H groups in total. The molecule has 4 atom stereocenters. The molecule has 0 saturated heterocycles. The highest BCUT2D eigenvalue weighted by molar-refractivity contribution is 7.90. The number of rotatable bonds is 18. The van der Waals surface area contributed by atoms with E-state index in [4.69, 9.17) is 9.47 Å². The van der Waals surface area contributed by atoms with Crippen LogP contribution in [-0.2, 0) is 39.1 Å². The van der Waals surface area contributed by atoms with Crippen LogP contribution in [0, 0.1) is 0 Å². The predicted octanol–water partition coefficient (Wildman–Crippen LogP) is 6.54. The van der Waals surface area contributed by atoms with E-state index in [-0.39, 0.29) is 35.1 Å². The lowest BCUT2D eigenvalue weighted by atomic mass is 10.0. The van der Waals surface area contributed by atoms with Crippen LogP contribution in [0.5, 0.6) is 0 Å². The van der Waals surface area contributed by atoms with E-state index in [0.717, 1.165) is 8.61 Å². The largest absolute Gasteiger partial charge is 0.436 e. The summed E-state index contributed by atoms with van der Waals surface area (Å²) in [6.07, 6.45) is 1.78. The molecule has 2 aliphatic heterocycles. The van der Waals surface area contributed by atoms with Gasteiger partial charge in [-0.25, -0.2) is 35.0 Å². The molecule has 0 radical (unpaired) electrons. The lowest BCUT2D eigenvalue weighted by molar-refractivity contribution is -0.142. The Hall–Kier alpha value is -5.68. The Balaban J connectivity index is 1.28. The quantitative estimate of drug-likeness (QED) is 0.0783. The van der Waals surface area contributed by atoms with Crippen molar-refractivity contribution in [2.75, 3.05) is 39.3 Å². The number of carbonyl (C=O) groups is 4. The molecular weight excluding hydrogens is 833 g/mol. The van der Waals surface area contributed by atoms with Crippen LogP contribution in [0.1, 0.15) is 106 Å². The fraction of sp³-hybridized carbons (Fsp3) is 0.348. The van der Waals surface area contributed by atoms with Crippen LogP contribution in [0.3, 0.4) is 0 Å². The van der Waals surface area contributed by atoms with Gasteiger partial charge >= 0.3 is 11.9 Å². The van der Waals surface area contributed by atoms with Crippen LogP contribution in [0.25, 0.3) is 0 Å². The van der Waals surface area contributed by atoms with Gasteiger partial charge in [-0.15, -0.1) is 0 Å². The molecule has 2 aliphatic rings. The van der Waals surface area contributed by atoms with Gasteiger partial charge in [0, 0.05) is 47.5 Å². The van der Waals surface area contributed by atoms with Crippen LogP contribution < -0.4 is 0 Å². The Labute approximate surface area is 363 Å². The van der Waals surface area contributed by atoms with Crippen molar-refractivity contribution in [3.05, 3.63) is 155 Å². The molecule has 4 aromatic carbocycles. The zero-order chi connectivity index (χ0) is 44.6. The van der Waals surface area contributed by atoms with Gasteiger partial charge in [-0.3, -0.25) is 9.59 Å². The minimum absolute atomic E-state index is 0.0264. The maximum Gasteiger partial charge on any atom is 0.332 e. The van der Waals surface area contributed by atoms with Gasteiger partial charge in [0.25, 0.3) is 31.9 Å². The number of carbonyl (C=O) groups excluding carboxylic acids is 4. The fourth-order valence-electron chi connectivity index (χ4n) is 7.98. The smallest absolute Gasteiger partial charge is 0.332 e. The van der Waals surface area contributed by atoms with Gasteiger partial charge < -0.3 is 19.3 Å². The number of benzene rings is 4. The number of sulfonamides is 2. The van der Waals surface area contributed by atoms with E-state index in [1.807, 2.05) is 27.7 Å². The van der Waals surface area contributed by atoms with E-state index in [0.29, 0.717) is 62.5 Å². The van der Waals surface area contributed by atoms with Crippen LogP contribution in [0.15, 0.2) is 121 Å². The lowest BCUT2D eigenvalue weighted by Crippen LogP contribution is -2.48. The van der Waals surface area contributed by atoms with Crippen molar-refractivity contribution < 1.29 is 45.5 Å². The third-order valence-corrected chi connectivity index (χ3v) is 15.1. The zero-order valence-electron chi connectivity index (χ0n) is 35.2. The first-order valence-electron chi connectivity index (χ1n) is 20.7. The van der Waals surface area contributed by atoms with Crippen molar-refractivity contribution in [1.29, 1.82) is 0 Å². The molecular formula is C46H52N4O10S2. The Bertz CT molecular complexity index is 2320. The van der Waals surface area contributed by atoms with Gasteiger partial charge in [-0.1, -0.05) is 125 Å². The van der Waals surface area contributed by atoms with Gasteiger partial charge in [-0.05, 0) is 62.3 Å². The Morgan fingerprint density at radius 3 is 1.21 bits per heavy atom. The van der Waals surface area contributed by atoms with E-state index in [2.05, 4.69) is 9.80 Å². The van der Waals surface area contributed by atoms with E-state index >= 15 is 0 Å². The normalized spacial score (nSPS) is 18.9. The molecule has 328 valence electrons. The highest BCUT2D eigenvalue weighted by Crippen LogP contribution is 2.43. The lowest BCUT2D eigenvalue weighted by Gasteiger charge is -2.38. The first-order valence-corrected chi connectivity index (χ1v) is 23.8. The first-order chi connectivity index (χ1) is 29.8. The molecule has 6 rings (SSSR count). The van der Waals surface area contributed by atoms with Crippen molar-refractivity contribution in [2.24, 2.45) is 0 Å². The second-order valence-corrected chi connectivity index (χ2v) is 18.5. The van der Waals surface area contributed by atoms with Crippen molar-refractivity contribution in [3.8, 4) is 0 Å². The maximum atomic E-state index is 14.5. The average Bonchev–Trinajstić information content (AvgIpc) is 3.28. The van der Waals surface area contributed by atoms with E-state index in [1.54, 1.807) is 72.8 Å². The standard InChI is InChI=1S/C46H52N4O10S2/c1-5-47(6-2)31-29-39(33-19-11-9-12-20-33)49-43(53)35-23-15-17-25-37(35)45(61(49,55)56)59-41(51)27-28-42(52)60-46-38-26-18-16-24-36(38)44(54)50(62(46,57)58)40(30-32-48(7-3)8-4)34-21-13-10-14-22-34/h9-28,39-40,45-46H,5-8,29-32H2,1-4H3/b28-27+. The van der Waals surface area contributed by atoms with E-state index < -0.39 is 66.8 Å². The summed E-state index contributed by atoms with van der Waals surface area (Å²) in [6, 6.07) is 27.5. The maximum absolute atomic E-state index is 14.5. The van der Waals surface area contributed by atoms with Gasteiger partial charge in [0.2, 0.25) is 10.9 Å². The summed E-state index contributed by atoms with van der Waals surface area (Å²) < 4.78 is 70.9. The van der Waals surface area contributed by atoms with Crippen LogP contribution in [0.2, 0.25) is 0 Å². The number of hydrogen-bond donors (Lipinski definition) is 0. The van der Waals surface area contributed by atoms with Crippen LogP contribution in [-0.4, -0.2) is 98.3 Å². The summed E-state index contributed by atoms with van der Waals surface area (Å²) in [4.78, 5) is 59.4. The monoisotopic (exact) mass is 884 g/mol. The number of esters is 2. The summed E-state index contributed by atoms with van der Waals surface area (Å²) in [6.45, 7) is 11.7. The molecule has 0 fully saturated rings. The molecule has 0 spiro atoms. The van der Waals surface area contributed by atoms with Crippen molar-refractivity contribution in [2.45, 2.75) is 63.5 Å². The molecule has 0 saturated carbocycles. The predicted molar refractivity (Wildman–Crippen MR) is 233 cm³/mol. The Morgan fingerprint density at radius 1 is 0.548 bits per heavy atom. The average molecular weight is 885 g/mol. The van der Waals surface area contributed by atoms with Crippen molar-refractivity contribution in [3.63, 3.8) is 0 Å². The summed E-state index contributed by atoms with van der Waals surface area (Å²) in [5, 5.41) is 0. The summed E-state index contributed by atoms with van der Waals surface area (Å²) in [5.41, 5.74) is -2.86. The molecule has 0 aliphatic carbocycles. The van der Waals surface area contributed by atoms with Gasteiger partial charge in [0.1, 0.15) is 0 Å². The highest BCUT2D eigenvalue weighted by atomic mass is 32.2. The van der Waals surface area contributed by atoms with Crippen molar-refractivity contribution >= 4 is 43.8 Å². The van der Waals surface area contributed by atoms with E-state index in [9.17, 15) is 36.0 Å². The van der Waals surface area contributed by atoms with Crippen LogP contribution >= 0.6 is 0 Å². The molecule has 14 nitrogen and oxygen atoms in total. The number of fused-ring (bicyclic) bond motifs is 2. The molecule has 2 heterocycles. The Kier molecular flexibility index (Phi) is 14.8. The second-order valence-electron chi connectivity index (χ2n) is 14.8. The highest BCUT2D eigenvalue weighted by Gasteiger charge is 2.51. The number of amides is 2. The summed E-state index contributed by atoms with van der Waals surface area (Å²) >= 11 is 0. The van der Waals surface area contributed by atoms with Gasteiger partial charge in [0.05, 0.1) is 12.1 Å². The first kappa shape index (κ1) is 45.8. The molecule has 16 heteroatoms. The van der Waals surface area contributed by atoms with Gasteiger partial charge in [0.15, 0.2) is 0 Å². The van der Waals surface area contributed by atoms with Crippen molar-refractivity contribution in [1.82, 2.24) is 18.4 Å². The van der Waals surface area contributed by atoms with E-state index in [1.165, 1.54) is 36.4 Å². The SMILES string of the molecule is CCN(CC)CCC(c1ccccc1)N1C(=O)c2ccccc2C(OC(=O)/C=C/C(=O)OC2c3ccccc3C(=O)N(C(CCN(CC)CC)c3ccccc3)S2(=O)=O)S1(=O)=O. The number of hydrogen-bond acceptors (Lipinski definition) is 12. The molecule has 4 aromatic rings. The molecule has 0 aromatic heterocycles. The number of nitrogens with zero attached hydrogens (tertiary/aromatic N) is 4. The second kappa shape index (κ2) is 20.0. The third-order valence-electron chi connectivity index (χ3n) is 11.3. The number of ether oxygens (including phenoxy) is 2. The molecule has 0 bridgehead atoms. The Morgan fingerprint density at radius 2 is 0.871 bits per heavy atom. The third kappa shape index (κ3) is 9.53. The summed E-state index contributed by atoms with van der Waals surface area (Å²) in [5.74, 6) is -4.10.